The first-order valence-corrected chi connectivity index (χ1v) is 6.39. The first kappa shape index (κ1) is 16.2. The second kappa shape index (κ2) is 6.32. The smallest absolute Gasteiger partial charge is 0.372 e. The molecule has 4 N–H and O–H groups in total. The van der Waals surface area contributed by atoms with Crippen LogP contribution in [0.25, 0.3) is 0 Å². The fourth-order valence-corrected chi connectivity index (χ4v) is 1.95. The molecule has 0 aromatic carbocycles. The summed E-state index contributed by atoms with van der Waals surface area (Å²) in [6.07, 6.45) is 2.27. The highest BCUT2D eigenvalue weighted by atomic mass is 16.4. The van der Waals surface area contributed by atoms with Crippen LogP contribution >= 0.6 is 0 Å². The van der Waals surface area contributed by atoms with Gasteiger partial charge in [-0.2, -0.15) is 0 Å². The molecule has 0 saturated carbocycles. The second-order valence-corrected chi connectivity index (χ2v) is 4.70. The molecule has 1 atom stereocenters. The van der Waals surface area contributed by atoms with Crippen molar-refractivity contribution in [1.29, 1.82) is 0 Å². The van der Waals surface area contributed by atoms with E-state index in [4.69, 9.17) is 20.4 Å². The van der Waals surface area contributed by atoms with Gasteiger partial charge in [0.15, 0.2) is 0 Å². The monoisotopic (exact) mass is 323 g/mol. The van der Waals surface area contributed by atoms with Crippen LogP contribution in [0.2, 0.25) is 0 Å². The van der Waals surface area contributed by atoms with Crippen molar-refractivity contribution in [2.45, 2.75) is 19.1 Å². The van der Waals surface area contributed by atoms with Crippen molar-refractivity contribution in [3.05, 3.63) is 56.8 Å². The minimum absolute atomic E-state index is 0.136. The zero-order valence-corrected chi connectivity index (χ0v) is 11.7. The number of carbonyl (C=O) groups is 2. The predicted octanol–water partition coefficient (Wildman–Crippen LogP) is -1.24. The Morgan fingerprint density at radius 1 is 1.26 bits per heavy atom. The molecule has 0 aliphatic carbocycles. The summed E-state index contributed by atoms with van der Waals surface area (Å²) in [4.78, 5) is 45.8. The number of aromatic carboxylic acids is 1. The summed E-state index contributed by atoms with van der Waals surface area (Å²) in [5, 5.41) is 17.7. The quantitative estimate of drug-likeness (QED) is 0.595. The average Bonchev–Trinajstić information content (AvgIpc) is 2.94. The third kappa shape index (κ3) is 3.37. The first-order chi connectivity index (χ1) is 10.8. The molecule has 122 valence electrons. The van der Waals surface area contributed by atoms with Gasteiger partial charge in [-0.05, 0) is 6.07 Å². The van der Waals surface area contributed by atoms with E-state index in [-0.39, 0.29) is 24.4 Å². The van der Waals surface area contributed by atoms with E-state index >= 15 is 0 Å². The maximum Gasteiger partial charge on any atom is 0.372 e. The molecule has 0 saturated heterocycles. The molecule has 0 radical (unpaired) electrons. The van der Waals surface area contributed by atoms with Gasteiger partial charge in [-0.3, -0.25) is 18.7 Å². The summed E-state index contributed by atoms with van der Waals surface area (Å²) in [5.41, 5.74) is 4.04. The van der Waals surface area contributed by atoms with Crippen LogP contribution in [-0.4, -0.2) is 37.3 Å². The van der Waals surface area contributed by atoms with Gasteiger partial charge in [0.25, 0.3) is 5.56 Å². The minimum Gasteiger partial charge on any atom is -0.480 e. The number of nitrogens with zero attached hydrogens (tertiary/aromatic N) is 2. The third-order valence-corrected chi connectivity index (χ3v) is 3.12. The van der Waals surface area contributed by atoms with Gasteiger partial charge in [-0.1, -0.05) is 0 Å². The topological polar surface area (TPSA) is 158 Å². The molecule has 0 bridgehead atoms. The molecule has 10 nitrogen and oxygen atoms in total. The Labute approximate surface area is 128 Å². The summed E-state index contributed by atoms with van der Waals surface area (Å²) >= 11 is 0. The highest BCUT2D eigenvalue weighted by Gasteiger charge is 2.18. The Morgan fingerprint density at radius 2 is 1.96 bits per heavy atom. The van der Waals surface area contributed by atoms with Crippen LogP contribution in [0.4, 0.5) is 0 Å². The van der Waals surface area contributed by atoms with Crippen molar-refractivity contribution in [1.82, 2.24) is 9.13 Å². The van der Waals surface area contributed by atoms with Crippen molar-refractivity contribution in [2.24, 2.45) is 5.73 Å². The summed E-state index contributed by atoms with van der Waals surface area (Å²) in [6, 6.07) is 1.08. The predicted molar refractivity (Wildman–Crippen MR) is 75.3 cm³/mol. The van der Waals surface area contributed by atoms with E-state index in [9.17, 15) is 19.2 Å². The Morgan fingerprint density at radius 3 is 2.57 bits per heavy atom. The summed E-state index contributed by atoms with van der Waals surface area (Å²) in [6.45, 7) is -0.648. The van der Waals surface area contributed by atoms with Crippen LogP contribution in [-0.2, 0) is 17.9 Å². The molecule has 0 fully saturated rings. The summed E-state index contributed by atoms with van der Waals surface area (Å²) < 4.78 is 6.53. The van der Waals surface area contributed by atoms with Crippen LogP contribution in [0.15, 0.2) is 38.6 Å². The number of furan rings is 1. The Bertz CT molecular complexity index is 861. The van der Waals surface area contributed by atoms with E-state index in [0.717, 1.165) is 27.7 Å². The summed E-state index contributed by atoms with van der Waals surface area (Å²) in [5.74, 6) is -3.01. The maximum atomic E-state index is 12.3. The Hall–Kier alpha value is -3.14. The number of hydrogen-bond donors (Lipinski definition) is 3. The van der Waals surface area contributed by atoms with Gasteiger partial charge in [-0.15, -0.1) is 0 Å². The molecule has 0 aliphatic rings. The molecular weight excluding hydrogens is 310 g/mol. The maximum absolute atomic E-state index is 12.3. The molecule has 2 rings (SSSR count). The molecule has 0 unspecified atom stereocenters. The van der Waals surface area contributed by atoms with Crippen molar-refractivity contribution < 1.29 is 24.2 Å². The zero-order chi connectivity index (χ0) is 17.1. The number of hydrogen-bond acceptors (Lipinski definition) is 6. The van der Waals surface area contributed by atoms with Gasteiger partial charge in [0, 0.05) is 17.8 Å². The van der Waals surface area contributed by atoms with Crippen LogP contribution in [0.5, 0.6) is 0 Å². The van der Waals surface area contributed by atoms with Crippen molar-refractivity contribution >= 4 is 11.9 Å². The number of carboxylic acid groups (broad SMARTS) is 2. The second-order valence-electron chi connectivity index (χ2n) is 4.70. The standard InChI is InChI=1S/C13H13N3O7/c14-8(11(18)19)6-15-3-1-9(17)16(13(15)22)5-7-2-4-23-10(7)12(20)21/h1-4,8H,5-6,14H2,(H,18,19)(H,20,21)/t8-/m0/s1. The molecule has 0 amide bonds. The SMILES string of the molecule is N[C@@H](Cn1ccc(=O)n(Cc2ccoc2C(=O)O)c1=O)C(=O)O. The van der Waals surface area contributed by atoms with Gasteiger partial charge in [-0.25, -0.2) is 9.59 Å². The van der Waals surface area contributed by atoms with E-state index in [1.165, 1.54) is 6.07 Å². The van der Waals surface area contributed by atoms with Gasteiger partial charge in [0.1, 0.15) is 6.04 Å². The lowest BCUT2D eigenvalue weighted by molar-refractivity contribution is -0.138. The lowest BCUT2D eigenvalue weighted by atomic mass is 10.2. The zero-order valence-electron chi connectivity index (χ0n) is 11.7. The first-order valence-electron chi connectivity index (χ1n) is 6.39. The van der Waals surface area contributed by atoms with Crippen molar-refractivity contribution in [3.8, 4) is 0 Å². The molecular formula is C13H13N3O7. The van der Waals surface area contributed by atoms with Crippen molar-refractivity contribution in [3.63, 3.8) is 0 Å². The average molecular weight is 323 g/mol. The lowest BCUT2D eigenvalue weighted by Crippen LogP contribution is -2.44. The highest BCUT2D eigenvalue weighted by molar-refractivity contribution is 5.86. The van der Waals surface area contributed by atoms with E-state index < -0.39 is 29.2 Å². The number of nitrogens with two attached hydrogens (primary N) is 1. The van der Waals surface area contributed by atoms with Crippen LogP contribution < -0.4 is 17.0 Å². The minimum atomic E-state index is -1.33. The fourth-order valence-electron chi connectivity index (χ4n) is 1.95. The van der Waals surface area contributed by atoms with Crippen LogP contribution in [0.1, 0.15) is 16.1 Å². The third-order valence-electron chi connectivity index (χ3n) is 3.12. The molecule has 2 aromatic rings. The van der Waals surface area contributed by atoms with Gasteiger partial charge in [0.2, 0.25) is 5.76 Å². The summed E-state index contributed by atoms with van der Waals surface area (Å²) in [7, 11) is 0. The molecule has 0 aliphatic heterocycles. The van der Waals surface area contributed by atoms with E-state index in [2.05, 4.69) is 0 Å². The van der Waals surface area contributed by atoms with E-state index in [1.54, 1.807) is 0 Å². The Balaban J connectivity index is 2.41. The number of aliphatic carboxylic acids is 1. The van der Waals surface area contributed by atoms with Crippen LogP contribution in [0, 0.1) is 0 Å². The number of aromatic nitrogens is 2. The van der Waals surface area contributed by atoms with E-state index in [0.29, 0.717) is 0 Å². The molecule has 0 spiro atoms. The Kier molecular flexibility index (Phi) is 4.46. The van der Waals surface area contributed by atoms with Gasteiger partial charge >= 0.3 is 17.6 Å². The molecule has 2 heterocycles. The molecule has 23 heavy (non-hydrogen) atoms. The molecule has 10 heteroatoms. The fraction of sp³-hybridized carbons (Fsp3) is 0.231. The lowest BCUT2D eigenvalue weighted by Gasteiger charge is -2.11. The van der Waals surface area contributed by atoms with Crippen molar-refractivity contribution in [2.75, 3.05) is 0 Å². The molecule has 2 aromatic heterocycles. The number of carboxylic acids is 2. The van der Waals surface area contributed by atoms with Gasteiger partial charge < -0.3 is 20.4 Å². The van der Waals surface area contributed by atoms with E-state index in [1.807, 2.05) is 0 Å². The van der Waals surface area contributed by atoms with Gasteiger partial charge in [0.05, 0.1) is 19.4 Å². The van der Waals surface area contributed by atoms with Crippen LogP contribution in [0.3, 0.4) is 0 Å². The largest absolute Gasteiger partial charge is 0.480 e. The number of rotatable bonds is 6. The highest BCUT2D eigenvalue weighted by Crippen LogP contribution is 2.10. The normalized spacial score (nSPS) is 12.0.